The largest absolute Gasteiger partial charge is 0.370 e. The van der Waals surface area contributed by atoms with Gasteiger partial charge >= 0.3 is 0 Å². The zero-order valence-corrected chi connectivity index (χ0v) is 19.5. The first-order valence-electron chi connectivity index (χ1n) is 10.7. The predicted octanol–water partition coefficient (Wildman–Crippen LogP) is 4.36. The molecule has 3 heterocycles. The van der Waals surface area contributed by atoms with Gasteiger partial charge in [0.15, 0.2) is 0 Å². The van der Waals surface area contributed by atoms with Crippen molar-refractivity contribution in [2.24, 2.45) is 0 Å². The number of thiophene rings is 1. The fourth-order valence-electron chi connectivity index (χ4n) is 3.98. The highest BCUT2D eigenvalue weighted by atomic mass is 32.1. The summed E-state index contributed by atoms with van der Waals surface area (Å²) in [6.45, 7) is 6.51. The Bertz CT molecular complexity index is 1410. The molecule has 0 saturated carbocycles. The molecule has 33 heavy (non-hydrogen) atoms. The van der Waals surface area contributed by atoms with Gasteiger partial charge in [-0.3, -0.25) is 20.4 Å². The van der Waals surface area contributed by atoms with Crippen LogP contribution in [-0.2, 0) is 17.8 Å². The number of aryl methyl sites for hydroxylation is 1. The van der Waals surface area contributed by atoms with Crippen molar-refractivity contribution in [3.05, 3.63) is 86.5 Å². The van der Waals surface area contributed by atoms with Gasteiger partial charge in [-0.2, -0.15) is 0 Å². The molecule has 0 aliphatic carbocycles. The molecule has 4 aromatic rings. The molecule has 0 spiro atoms. The summed E-state index contributed by atoms with van der Waals surface area (Å²) in [5.41, 5.74) is 8.30. The van der Waals surface area contributed by atoms with Gasteiger partial charge < -0.3 is 4.74 Å². The number of carbonyl (C=O) groups is 1. The monoisotopic (exact) mass is 460 g/mol. The molecule has 0 saturated heterocycles. The summed E-state index contributed by atoms with van der Waals surface area (Å²) in [4.78, 5) is 32.8. The van der Waals surface area contributed by atoms with Gasteiger partial charge in [-0.05, 0) is 50.6 Å². The Morgan fingerprint density at radius 3 is 2.58 bits per heavy atom. The van der Waals surface area contributed by atoms with Crippen molar-refractivity contribution in [3.63, 3.8) is 0 Å². The maximum atomic E-state index is 13.8. The first kappa shape index (κ1) is 21.4. The molecular formula is C25H24N4O3S. The van der Waals surface area contributed by atoms with Crippen molar-refractivity contribution in [1.29, 1.82) is 0 Å². The topological polar surface area (TPSA) is 85.3 Å². The molecule has 0 unspecified atom stereocenters. The number of hydrogen-bond acceptors (Lipinski definition) is 6. The molecule has 8 heteroatoms. The third kappa shape index (κ3) is 4.03. The van der Waals surface area contributed by atoms with Gasteiger partial charge in [0.05, 0.1) is 23.3 Å². The number of amides is 1. The number of carbonyl (C=O) groups excluding carboxylic acids is 1. The van der Waals surface area contributed by atoms with Gasteiger partial charge in [0.1, 0.15) is 4.83 Å². The molecule has 0 fully saturated rings. The Hall–Kier alpha value is -3.49. The second-order valence-corrected chi connectivity index (χ2v) is 9.85. The first-order valence-corrected chi connectivity index (χ1v) is 11.5. The van der Waals surface area contributed by atoms with E-state index >= 15 is 0 Å². The van der Waals surface area contributed by atoms with Gasteiger partial charge in [-0.25, -0.2) is 9.55 Å². The van der Waals surface area contributed by atoms with E-state index in [2.05, 4.69) is 10.9 Å². The normalized spacial score (nSPS) is 14.6. The lowest BCUT2D eigenvalue weighted by molar-refractivity contribution is -0.0379. The number of anilines is 1. The van der Waals surface area contributed by atoms with Crippen LogP contribution in [0.4, 0.5) is 5.95 Å². The molecule has 0 radical (unpaired) electrons. The van der Waals surface area contributed by atoms with Gasteiger partial charge in [0.2, 0.25) is 5.95 Å². The van der Waals surface area contributed by atoms with Gasteiger partial charge in [-0.1, -0.05) is 35.9 Å². The molecule has 0 atom stereocenters. The van der Waals surface area contributed by atoms with Gasteiger partial charge in [0, 0.05) is 16.9 Å². The van der Waals surface area contributed by atoms with Crippen LogP contribution in [0.1, 0.15) is 40.2 Å². The Labute approximate surface area is 195 Å². The van der Waals surface area contributed by atoms with Crippen molar-refractivity contribution < 1.29 is 9.53 Å². The van der Waals surface area contributed by atoms with E-state index in [4.69, 9.17) is 9.72 Å². The van der Waals surface area contributed by atoms with Crippen molar-refractivity contribution in [2.75, 3.05) is 5.43 Å². The fraction of sp³-hybridized carbons (Fsp3) is 0.240. The fourth-order valence-corrected chi connectivity index (χ4v) is 5.08. The Balaban J connectivity index is 1.63. The summed E-state index contributed by atoms with van der Waals surface area (Å²) in [6.07, 6.45) is 0.644. The Morgan fingerprint density at radius 2 is 1.85 bits per heavy atom. The minimum absolute atomic E-state index is 0.171. The average Bonchev–Trinajstić information content (AvgIpc) is 3.15. The van der Waals surface area contributed by atoms with Crippen LogP contribution < -0.4 is 16.4 Å². The molecule has 5 rings (SSSR count). The first-order chi connectivity index (χ1) is 15.8. The van der Waals surface area contributed by atoms with E-state index in [-0.39, 0.29) is 23.0 Å². The molecule has 1 amide bonds. The smallest absolute Gasteiger partial charge is 0.269 e. The maximum absolute atomic E-state index is 13.8. The van der Waals surface area contributed by atoms with Crippen LogP contribution in [0.5, 0.6) is 0 Å². The van der Waals surface area contributed by atoms with E-state index in [1.165, 1.54) is 15.9 Å². The number of fused-ring (bicyclic) bond motifs is 3. The highest BCUT2D eigenvalue weighted by molar-refractivity contribution is 7.18. The van der Waals surface area contributed by atoms with Crippen molar-refractivity contribution in [1.82, 2.24) is 15.0 Å². The van der Waals surface area contributed by atoms with Crippen LogP contribution in [0, 0.1) is 6.92 Å². The third-order valence-corrected chi connectivity index (χ3v) is 6.82. The number of benzene rings is 2. The Kier molecular flexibility index (Phi) is 5.26. The van der Waals surface area contributed by atoms with E-state index in [0.29, 0.717) is 34.5 Å². The molecule has 168 valence electrons. The average molecular weight is 461 g/mol. The van der Waals surface area contributed by atoms with Crippen LogP contribution in [0.3, 0.4) is 0 Å². The minimum Gasteiger partial charge on any atom is -0.370 e. The standard InChI is InChI=1S/C25H24N4O3S/c1-15-9-11-17(12-10-15)29-23(31)20-18-13-25(2,3)32-14-19(18)33-22(20)26-24(29)28-27-21(30)16-7-5-4-6-8-16/h4-12H,13-14H2,1-3H3,(H,26,28)(H,27,30). The van der Waals surface area contributed by atoms with Crippen molar-refractivity contribution >= 4 is 33.4 Å². The van der Waals surface area contributed by atoms with Crippen LogP contribution in [-0.4, -0.2) is 21.1 Å². The summed E-state index contributed by atoms with van der Waals surface area (Å²) in [6, 6.07) is 16.5. The second kappa shape index (κ2) is 8.13. The third-order valence-electron chi connectivity index (χ3n) is 5.72. The van der Waals surface area contributed by atoms with E-state index in [1.54, 1.807) is 24.3 Å². The molecule has 7 nitrogen and oxygen atoms in total. The number of hydrazine groups is 1. The van der Waals surface area contributed by atoms with Crippen LogP contribution >= 0.6 is 11.3 Å². The number of ether oxygens (including phenoxy) is 1. The lowest BCUT2D eigenvalue weighted by Crippen LogP contribution is -2.34. The molecule has 2 N–H and O–H groups in total. The van der Waals surface area contributed by atoms with E-state index in [1.807, 2.05) is 51.1 Å². The van der Waals surface area contributed by atoms with Crippen LogP contribution in [0.25, 0.3) is 15.9 Å². The summed E-state index contributed by atoms with van der Waals surface area (Å²) < 4.78 is 7.46. The van der Waals surface area contributed by atoms with E-state index in [0.717, 1.165) is 16.0 Å². The summed E-state index contributed by atoms with van der Waals surface area (Å²) >= 11 is 1.46. The van der Waals surface area contributed by atoms with Crippen molar-refractivity contribution in [3.8, 4) is 5.69 Å². The van der Waals surface area contributed by atoms with E-state index < -0.39 is 0 Å². The van der Waals surface area contributed by atoms with E-state index in [9.17, 15) is 9.59 Å². The number of aromatic nitrogens is 2. The van der Waals surface area contributed by atoms with Crippen LogP contribution in [0.15, 0.2) is 59.4 Å². The molecule has 1 aliphatic rings. The van der Waals surface area contributed by atoms with Gasteiger partial charge in [0.25, 0.3) is 11.5 Å². The van der Waals surface area contributed by atoms with Gasteiger partial charge in [-0.15, -0.1) is 11.3 Å². The zero-order valence-electron chi connectivity index (χ0n) is 18.6. The number of nitrogens with zero attached hydrogens (tertiary/aromatic N) is 2. The maximum Gasteiger partial charge on any atom is 0.269 e. The number of nitrogens with one attached hydrogen (secondary N) is 2. The molecule has 2 aromatic heterocycles. The highest BCUT2D eigenvalue weighted by Crippen LogP contribution is 2.37. The molecule has 0 bridgehead atoms. The molecule has 2 aromatic carbocycles. The quantitative estimate of drug-likeness (QED) is 0.442. The number of hydrogen-bond donors (Lipinski definition) is 2. The number of rotatable bonds is 4. The lowest BCUT2D eigenvalue weighted by Gasteiger charge is -2.29. The highest BCUT2D eigenvalue weighted by Gasteiger charge is 2.31. The van der Waals surface area contributed by atoms with Crippen LogP contribution in [0.2, 0.25) is 0 Å². The predicted molar refractivity (Wildman–Crippen MR) is 130 cm³/mol. The summed E-state index contributed by atoms with van der Waals surface area (Å²) in [5, 5.41) is 0.617. The second-order valence-electron chi connectivity index (χ2n) is 8.77. The molecular weight excluding hydrogens is 436 g/mol. The summed E-state index contributed by atoms with van der Waals surface area (Å²) in [5.74, 6) is -0.0690. The lowest BCUT2D eigenvalue weighted by atomic mass is 9.94. The Morgan fingerprint density at radius 1 is 1.12 bits per heavy atom. The molecule has 1 aliphatic heterocycles. The van der Waals surface area contributed by atoms with Crippen molar-refractivity contribution in [2.45, 2.75) is 39.4 Å². The minimum atomic E-state index is -0.345. The SMILES string of the molecule is Cc1ccc(-n2c(NNC(=O)c3ccccc3)nc3sc4c(c3c2=O)CC(C)(C)OC4)cc1. The zero-order chi connectivity index (χ0) is 23.2. The summed E-state index contributed by atoms with van der Waals surface area (Å²) in [7, 11) is 0.